The number of carbonyl (C=O) groups excluding carboxylic acids is 1. The lowest BCUT2D eigenvalue weighted by Gasteiger charge is -2.24. The maximum absolute atomic E-state index is 12.1. The van der Waals surface area contributed by atoms with Crippen molar-refractivity contribution in [3.63, 3.8) is 0 Å². The molecule has 0 aromatic rings. The highest BCUT2D eigenvalue weighted by Crippen LogP contribution is 2.18. The van der Waals surface area contributed by atoms with Gasteiger partial charge in [-0.3, -0.25) is 0 Å². The molecular weight excluding hydrogens is 254 g/mol. The predicted molar refractivity (Wildman–Crippen MR) is 79.6 cm³/mol. The van der Waals surface area contributed by atoms with Gasteiger partial charge in [0.05, 0.1) is 12.6 Å². The van der Waals surface area contributed by atoms with Gasteiger partial charge in [0.1, 0.15) is 0 Å². The van der Waals surface area contributed by atoms with E-state index in [9.17, 15) is 9.90 Å². The van der Waals surface area contributed by atoms with Crippen LogP contribution in [0.1, 0.15) is 33.1 Å². The van der Waals surface area contributed by atoms with Gasteiger partial charge in [-0.25, -0.2) is 4.79 Å². The molecular formula is C15H29N3O2. The molecule has 2 N–H and O–H groups in total. The molecule has 0 aliphatic carbocycles. The third-order valence-corrected chi connectivity index (χ3v) is 4.38. The van der Waals surface area contributed by atoms with E-state index in [0.29, 0.717) is 11.8 Å². The normalized spacial score (nSPS) is 27.5. The molecule has 0 aromatic heterocycles. The van der Waals surface area contributed by atoms with Gasteiger partial charge < -0.3 is 20.2 Å². The standard InChI is InChI=1S/C15H29N3O2/c1-12(2)9-17-7-5-13(10-17)8-16-15(20)18-6-3-4-14(18)11-19/h12-14,19H,3-11H2,1-2H3,(H,16,20)/t13?,14-/m1/s1. The number of carbonyl (C=O) groups is 1. The van der Waals surface area contributed by atoms with E-state index in [1.165, 1.54) is 6.42 Å². The quantitative estimate of drug-likeness (QED) is 0.795. The zero-order valence-electron chi connectivity index (χ0n) is 12.8. The lowest BCUT2D eigenvalue weighted by Crippen LogP contribution is -2.45. The molecule has 0 bridgehead atoms. The Hall–Kier alpha value is -0.810. The van der Waals surface area contributed by atoms with Crippen LogP contribution in [0.3, 0.4) is 0 Å². The van der Waals surface area contributed by atoms with Crippen molar-refractivity contribution in [1.82, 2.24) is 15.1 Å². The van der Waals surface area contributed by atoms with E-state index in [-0.39, 0.29) is 18.7 Å². The molecule has 2 rings (SSSR count). The fourth-order valence-electron chi connectivity index (χ4n) is 3.39. The minimum absolute atomic E-state index is 0.00357. The average molecular weight is 283 g/mol. The van der Waals surface area contributed by atoms with Gasteiger partial charge in [0.2, 0.25) is 0 Å². The van der Waals surface area contributed by atoms with Crippen LogP contribution in [0.5, 0.6) is 0 Å². The zero-order valence-corrected chi connectivity index (χ0v) is 12.8. The van der Waals surface area contributed by atoms with Crippen molar-refractivity contribution in [2.24, 2.45) is 11.8 Å². The first-order chi connectivity index (χ1) is 9.60. The number of aliphatic hydroxyl groups is 1. The van der Waals surface area contributed by atoms with Crippen LogP contribution in [-0.4, -0.2) is 66.3 Å². The summed E-state index contributed by atoms with van der Waals surface area (Å²) in [6.45, 7) is 9.53. The third kappa shape index (κ3) is 4.09. The molecule has 2 aliphatic heterocycles. The molecule has 20 heavy (non-hydrogen) atoms. The summed E-state index contributed by atoms with van der Waals surface area (Å²) in [6.07, 6.45) is 3.11. The SMILES string of the molecule is CC(C)CN1CCC(CNC(=O)N2CCC[C@@H]2CO)C1. The summed E-state index contributed by atoms with van der Waals surface area (Å²) in [5.74, 6) is 1.28. The molecule has 0 radical (unpaired) electrons. The Balaban J connectivity index is 1.69. The van der Waals surface area contributed by atoms with Gasteiger partial charge in [-0.05, 0) is 37.6 Å². The van der Waals surface area contributed by atoms with Crippen molar-refractivity contribution >= 4 is 6.03 Å². The lowest BCUT2D eigenvalue weighted by molar-refractivity contribution is 0.156. The largest absolute Gasteiger partial charge is 0.394 e. The van der Waals surface area contributed by atoms with Crippen molar-refractivity contribution in [2.75, 3.05) is 39.3 Å². The van der Waals surface area contributed by atoms with E-state index in [4.69, 9.17) is 0 Å². The second kappa shape index (κ2) is 7.27. The number of aliphatic hydroxyl groups excluding tert-OH is 1. The molecule has 0 spiro atoms. The number of urea groups is 1. The molecule has 2 amide bonds. The van der Waals surface area contributed by atoms with Crippen LogP contribution in [0, 0.1) is 11.8 Å². The maximum atomic E-state index is 12.1. The predicted octanol–water partition coefficient (Wildman–Crippen LogP) is 1.13. The Morgan fingerprint density at radius 3 is 2.85 bits per heavy atom. The minimum Gasteiger partial charge on any atom is -0.394 e. The molecule has 2 fully saturated rings. The van der Waals surface area contributed by atoms with Crippen LogP contribution in [0.4, 0.5) is 4.79 Å². The topological polar surface area (TPSA) is 55.8 Å². The summed E-state index contributed by atoms with van der Waals surface area (Å²) in [6, 6.07) is 0.0277. The number of rotatable bonds is 5. The first-order valence-corrected chi connectivity index (χ1v) is 7.97. The molecule has 0 saturated carbocycles. The van der Waals surface area contributed by atoms with Gasteiger partial charge in [0, 0.05) is 26.2 Å². The summed E-state index contributed by atoms with van der Waals surface area (Å²) in [5.41, 5.74) is 0. The minimum atomic E-state index is 0.00357. The summed E-state index contributed by atoms with van der Waals surface area (Å²) in [4.78, 5) is 16.4. The Kier molecular flexibility index (Phi) is 5.66. The number of hydrogen-bond acceptors (Lipinski definition) is 3. The Morgan fingerprint density at radius 2 is 2.15 bits per heavy atom. The fraction of sp³-hybridized carbons (Fsp3) is 0.933. The van der Waals surface area contributed by atoms with Crippen LogP contribution in [0.15, 0.2) is 0 Å². The Labute approximate surface area is 122 Å². The van der Waals surface area contributed by atoms with Crippen molar-refractivity contribution in [1.29, 1.82) is 0 Å². The van der Waals surface area contributed by atoms with Gasteiger partial charge in [0.25, 0.3) is 0 Å². The van der Waals surface area contributed by atoms with Crippen molar-refractivity contribution in [3.8, 4) is 0 Å². The van der Waals surface area contributed by atoms with Crippen LogP contribution in [-0.2, 0) is 0 Å². The van der Waals surface area contributed by atoms with E-state index < -0.39 is 0 Å². The summed E-state index contributed by atoms with van der Waals surface area (Å²) >= 11 is 0. The van der Waals surface area contributed by atoms with Crippen LogP contribution in [0.25, 0.3) is 0 Å². The Morgan fingerprint density at radius 1 is 1.35 bits per heavy atom. The highest BCUT2D eigenvalue weighted by molar-refractivity contribution is 5.74. The summed E-state index contributed by atoms with van der Waals surface area (Å²) in [5, 5.41) is 12.3. The highest BCUT2D eigenvalue weighted by atomic mass is 16.3. The van der Waals surface area contributed by atoms with E-state index in [1.807, 2.05) is 0 Å². The van der Waals surface area contributed by atoms with Gasteiger partial charge in [-0.15, -0.1) is 0 Å². The third-order valence-electron chi connectivity index (χ3n) is 4.38. The van der Waals surface area contributed by atoms with Gasteiger partial charge in [-0.1, -0.05) is 13.8 Å². The highest BCUT2D eigenvalue weighted by Gasteiger charge is 2.29. The number of amides is 2. The number of nitrogens with zero attached hydrogens (tertiary/aromatic N) is 2. The molecule has 2 atom stereocenters. The zero-order chi connectivity index (χ0) is 14.5. The molecule has 2 saturated heterocycles. The van der Waals surface area contributed by atoms with E-state index in [0.717, 1.165) is 45.6 Å². The van der Waals surface area contributed by atoms with Crippen LogP contribution in [0.2, 0.25) is 0 Å². The first kappa shape index (κ1) is 15.6. The van der Waals surface area contributed by atoms with Crippen molar-refractivity contribution < 1.29 is 9.90 Å². The summed E-state index contributed by atoms with van der Waals surface area (Å²) < 4.78 is 0. The van der Waals surface area contributed by atoms with Crippen LogP contribution < -0.4 is 5.32 Å². The van der Waals surface area contributed by atoms with E-state index >= 15 is 0 Å². The number of likely N-dealkylation sites (tertiary alicyclic amines) is 2. The van der Waals surface area contributed by atoms with Gasteiger partial charge >= 0.3 is 6.03 Å². The maximum Gasteiger partial charge on any atom is 0.317 e. The van der Waals surface area contributed by atoms with Crippen molar-refractivity contribution in [3.05, 3.63) is 0 Å². The van der Waals surface area contributed by atoms with E-state index in [2.05, 4.69) is 24.1 Å². The average Bonchev–Trinajstić information content (AvgIpc) is 3.03. The number of nitrogens with one attached hydrogen (secondary N) is 1. The smallest absolute Gasteiger partial charge is 0.317 e. The van der Waals surface area contributed by atoms with E-state index in [1.54, 1.807) is 4.90 Å². The first-order valence-electron chi connectivity index (χ1n) is 7.97. The lowest BCUT2D eigenvalue weighted by atomic mass is 10.1. The monoisotopic (exact) mass is 283 g/mol. The molecule has 0 aromatic carbocycles. The molecule has 5 nitrogen and oxygen atoms in total. The van der Waals surface area contributed by atoms with Gasteiger partial charge in [-0.2, -0.15) is 0 Å². The molecule has 2 heterocycles. The Bertz CT molecular complexity index is 322. The molecule has 116 valence electrons. The molecule has 5 heteroatoms. The van der Waals surface area contributed by atoms with Crippen molar-refractivity contribution in [2.45, 2.75) is 39.2 Å². The van der Waals surface area contributed by atoms with Gasteiger partial charge in [0.15, 0.2) is 0 Å². The number of hydrogen-bond donors (Lipinski definition) is 2. The molecule has 2 aliphatic rings. The fourth-order valence-corrected chi connectivity index (χ4v) is 3.39. The second-order valence-electron chi connectivity index (χ2n) is 6.67. The van der Waals surface area contributed by atoms with Crippen LogP contribution >= 0.6 is 0 Å². The second-order valence-corrected chi connectivity index (χ2v) is 6.67. The summed E-state index contributed by atoms with van der Waals surface area (Å²) in [7, 11) is 0. The molecule has 1 unspecified atom stereocenters.